The van der Waals surface area contributed by atoms with Gasteiger partial charge in [-0.2, -0.15) is 0 Å². The molecule has 2 fully saturated rings. The van der Waals surface area contributed by atoms with Crippen molar-refractivity contribution >= 4 is 11.9 Å². The smallest absolute Gasteiger partial charge is 0.326 e. The third kappa shape index (κ3) is 2.52. The molecule has 4 nitrogen and oxygen atoms in total. The number of fused-ring (bicyclic) bond motifs is 2. The molecule has 4 atom stereocenters. The first-order chi connectivity index (χ1) is 8.29. The van der Waals surface area contributed by atoms with Crippen LogP contribution in [0.25, 0.3) is 0 Å². The van der Waals surface area contributed by atoms with Gasteiger partial charge in [-0.3, -0.25) is 4.79 Å². The summed E-state index contributed by atoms with van der Waals surface area (Å²) in [5.74, 6) is 0.240. The van der Waals surface area contributed by atoms with E-state index < -0.39 is 17.4 Å². The van der Waals surface area contributed by atoms with E-state index in [-0.39, 0.29) is 11.8 Å². The Labute approximate surface area is 108 Å². The summed E-state index contributed by atoms with van der Waals surface area (Å²) in [7, 11) is 0. The van der Waals surface area contributed by atoms with Crippen molar-refractivity contribution in [3.8, 4) is 0 Å². The Kier molecular flexibility index (Phi) is 3.39. The first-order valence-electron chi connectivity index (χ1n) is 6.82. The monoisotopic (exact) mass is 253 g/mol. The lowest BCUT2D eigenvalue weighted by molar-refractivity contribution is -0.146. The van der Waals surface area contributed by atoms with Crippen LogP contribution < -0.4 is 5.32 Å². The molecule has 102 valence electrons. The molecule has 4 heteroatoms. The van der Waals surface area contributed by atoms with Crippen LogP contribution in [0.4, 0.5) is 0 Å². The molecule has 2 aliphatic rings. The predicted molar refractivity (Wildman–Crippen MR) is 68.0 cm³/mol. The van der Waals surface area contributed by atoms with Gasteiger partial charge in [0.05, 0.1) is 0 Å². The fraction of sp³-hybridized carbons (Fsp3) is 0.857. The molecule has 2 N–H and O–H groups in total. The molecule has 2 bridgehead atoms. The number of amides is 1. The number of nitrogens with one attached hydrogen (secondary N) is 1. The van der Waals surface area contributed by atoms with Crippen LogP contribution in [0.1, 0.15) is 46.5 Å². The number of hydrogen-bond acceptors (Lipinski definition) is 2. The van der Waals surface area contributed by atoms with Crippen molar-refractivity contribution in [1.29, 1.82) is 0 Å². The van der Waals surface area contributed by atoms with Gasteiger partial charge in [0.25, 0.3) is 0 Å². The molecule has 4 unspecified atom stereocenters. The summed E-state index contributed by atoms with van der Waals surface area (Å²) in [6.07, 6.45) is 4.49. The molecule has 2 rings (SSSR count). The summed E-state index contributed by atoms with van der Waals surface area (Å²) in [4.78, 5) is 23.5. The molecule has 2 saturated carbocycles. The fourth-order valence-electron chi connectivity index (χ4n) is 3.46. The van der Waals surface area contributed by atoms with Gasteiger partial charge in [-0.15, -0.1) is 0 Å². The number of hydrogen-bond donors (Lipinski definition) is 2. The molecular formula is C14H23NO3. The van der Waals surface area contributed by atoms with E-state index in [2.05, 4.69) is 5.32 Å². The van der Waals surface area contributed by atoms with Crippen LogP contribution in [0.5, 0.6) is 0 Å². The van der Waals surface area contributed by atoms with Gasteiger partial charge in [0.2, 0.25) is 5.91 Å². The molecule has 0 saturated heterocycles. The summed E-state index contributed by atoms with van der Waals surface area (Å²) >= 11 is 0. The van der Waals surface area contributed by atoms with Gasteiger partial charge in [-0.05, 0) is 36.5 Å². The minimum Gasteiger partial charge on any atom is -0.480 e. The Morgan fingerprint density at radius 3 is 2.28 bits per heavy atom. The van der Waals surface area contributed by atoms with Crippen LogP contribution in [0.15, 0.2) is 0 Å². The van der Waals surface area contributed by atoms with Gasteiger partial charge in [0.15, 0.2) is 0 Å². The van der Waals surface area contributed by atoms with Gasteiger partial charge in [0.1, 0.15) is 6.04 Å². The van der Waals surface area contributed by atoms with E-state index in [1.54, 1.807) is 0 Å². The van der Waals surface area contributed by atoms with Crippen molar-refractivity contribution in [2.75, 3.05) is 0 Å². The van der Waals surface area contributed by atoms with Crippen LogP contribution >= 0.6 is 0 Å². The molecule has 0 aliphatic heterocycles. The first kappa shape index (κ1) is 13.4. The Bertz CT molecular complexity index is 359. The lowest BCUT2D eigenvalue weighted by Gasteiger charge is -2.30. The van der Waals surface area contributed by atoms with E-state index in [4.69, 9.17) is 0 Å². The molecule has 1 amide bonds. The third-order valence-corrected chi connectivity index (χ3v) is 4.47. The number of aliphatic carboxylic acids is 1. The zero-order valence-corrected chi connectivity index (χ0v) is 11.4. The second-order valence-corrected chi connectivity index (χ2v) is 6.93. The number of carboxylic acids is 1. The van der Waals surface area contributed by atoms with Crippen LogP contribution in [-0.4, -0.2) is 23.0 Å². The molecule has 0 aromatic carbocycles. The molecular weight excluding hydrogens is 230 g/mol. The summed E-state index contributed by atoms with van der Waals surface area (Å²) in [6.45, 7) is 5.52. The third-order valence-electron chi connectivity index (χ3n) is 4.47. The van der Waals surface area contributed by atoms with Crippen LogP contribution in [0, 0.1) is 23.2 Å². The lowest BCUT2D eigenvalue weighted by Crippen LogP contribution is -2.51. The number of carbonyl (C=O) groups excluding carboxylic acids is 1. The minimum atomic E-state index is -0.945. The van der Waals surface area contributed by atoms with Gasteiger partial charge in [-0.25, -0.2) is 4.79 Å². The lowest BCUT2D eigenvalue weighted by atomic mass is 9.84. The molecule has 0 aromatic rings. The SMILES string of the molecule is CC(C)(C)C(NC(=O)C1CC2CCC1C2)C(=O)O. The zero-order chi connectivity index (χ0) is 13.5. The Morgan fingerprint density at radius 2 is 1.89 bits per heavy atom. The number of carbonyl (C=O) groups is 2. The largest absolute Gasteiger partial charge is 0.480 e. The van der Waals surface area contributed by atoms with Gasteiger partial charge in [-0.1, -0.05) is 27.2 Å². The van der Waals surface area contributed by atoms with E-state index >= 15 is 0 Å². The van der Waals surface area contributed by atoms with E-state index in [1.807, 2.05) is 20.8 Å². The van der Waals surface area contributed by atoms with Crippen molar-refractivity contribution in [1.82, 2.24) is 5.32 Å². The summed E-state index contributed by atoms with van der Waals surface area (Å²) in [5.41, 5.74) is -0.459. The zero-order valence-electron chi connectivity index (χ0n) is 11.4. The van der Waals surface area contributed by atoms with Crippen LogP contribution in [0.2, 0.25) is 0 Å². The van der Waals surface area contributed by atoms with E-state index in [0.29, 0.717) is 11.8 Å². The average Bonchev–Trinajstić information content (AvgIpc) is 2.84. The highest BCUT2D eigenvalue weighted by Gasteiger charge is 2.44. The highest BCUT2D eigenvalue weighted by molar-refractivity contribution is 5.86. The standard InChI is InChI=1S/C14H23NO3/c1-14(2,3)11(13(17)18)15-12(16)10-7-8-4-5-9(10)6-8/h8-11H,4-7H2,1-3H3,(H,15,16)(H,17,18). The summed E-state index contributed by atoms with van der Waals surface area (Å²) in [6, 6.07) is -0.802. The maximum Gasteiger partial charge on any atom is 0.326 e. The number of carboxylic acid groups (broad SMARTS) is 1. The molecule has 0 aromatic heterocycles. The summed E-state index contributed by atoms with van der Waals surface area (Å²) in [5, 5.41) is 12.0. The fourth-order valence-corrected chi connectivity index (χ4v) is 3.46. The molecule has 2 aliphatic carbocycles. The predicted octanol–water partition coefficient (Wildman–Crippen LogP) is 2.04. The average molecular weight is 253 g/mol. The summed E-state index contributed by atoms with van der Waals surface area (Å²) < 4.78 is 0. The first-order valence-corrected chi connectivity index (χ1v) is 6.82. The highest BCUT2D eigenvalue weighted by atomic mass is 16.4. The van der Waals surface area contributed by atoms with Crippen molar-refractivity contribution < 1.29 is 14.7 Å². The number of rotatable bonds is 3. The van der Waals surface area contributed by atoms with Gasteiger partial charge >= 0.3 is 5.97 Å². The van der Waals surface area contributed by atoms with E-state index in [0.717, 1.165) is 19.3 Å². The van der Waals surface area contributed by atoms with E-state index in [9.17, 15) is 14.7 Å². The minimum absolute atomic E-state index is 0.0490. The van der Waals surface area contributed by atoms with Crippen molar-refractivity contribution in [2.24, 2.45) is 23.2 Å². The molecule has 18 heavy (non-hydrogen) atoms. The van der Waals surface area contributed by atoms with Crippen molar-refractivity contribution in [3.05, 3.63) is 0 Å². The van der Waals surface area contributed by atoms with Gasteiger partial charge < -0.3 is 10.4 Å². The topological polar surface area (TPSA) is 66.4 Å². The molecule has 0 heterocycles. The van der Waals surface area contributed by atoms with Crippen molar-refractivity contribution in [2.45, 2.75) is 52.5 Å². The second-order valence-electron chi connectivity index (χ2n) is 6.93. The van der Waals surface area contributed by atoms with Crippen LogP contribution in [0.3, 0.4) is 0 Å². The maximum absolute atomic E-state index is 12.2. The quantitative estimate of drug-likeness (QED) is 0.809. The Hall–Kier alpha value is -1.06. The van der Waals surface area contributed by atoms with Gasteiger partial charge in [0, 0.05) is 5.92 Å². The highest BCUT2D eigenvalue weighted by Crippen LogP contribution is 2.48. The Morgan fingerprint density at radius 1 is 1.22 bits per heavy atom. The molecule has 0 spiro atoms. The van der Waals surface area contributed by atoms with E-state index in [1.165, 1.54) is 6.42 Å². The van der Waals surface area contributed by atoms with Crippen molar-refractivity contribution in [3.63, 3.8) is 0 Å². The normalized spacial score (nSPS) is 32.3. The van der Waals surface area contributed by atoms with Crippen LogP contribution in [-0.2, 0) is 9.59 Å². The molecule has 0 radical (unpaired) electrons. The maximum atomic E-state index is 12.2. The Balaban J connectivity index is 2.00. The second kappa shape index (κ2) is 4.56.